The van der Waals surface area contributed by atoms with E-state index in [1.54, 1.807) is 0 Å². The molecule has 0 saturated carbocycles. The highest BCUT2D eigenvalue weighted by Gasteiger charge is 2.60. The van der Waals surface area contributed by atoms with Crippen LogP contribution in [0.15, 0.2) is 0 Å². The Morgan fingerprint density at radius 1 is 0.711 bits per heavy atom. The summed E-state index contributed by atoms with van der Waals surface area (Å²) in [4.78, 5) is 0.0968. The van der Waals surface area contributed by atoms with Crippen molar-refractivity contribution in [1.82, 2.24) is 0 Å². The molecule has 0 aromatic heterocycles. The van der Waals surface area contributed by atoms with Crippen LogP contribution in [0.5, 0.6) is 0 Å². The van der Waals surface area contributed by atoms with Crippen molar-refractivity contribution in [2.45, 2.75) is 188 Å². The van der Waals surface area contributed by atoms with Crippen LogP contribution in [0.3, 0.4) is 0 Å². The first-order valence-electron chi connectivity index (χ1n) is 14.8. The molecule has 0 bridgehead atoms. The van der Waals surface area contributed by atoms with Gasteiger partial charge in [0.15, 0.2) is 0 Å². The summed E-state index contributed by atoms with van der Waals surface area (Å²) in [5.41, 5.74) is -3.15. The number of hydrogen-bond donors (Lipinski definition) is 2. The standard InChI is InChI=1S/C30H51BrO7/c1-25(2,33)20-11-14-29(7,35-20)23-12-15-28(6,37-23)22-10-9-21-27(5,36-22)16-13-24(34-21)30(8)19(32)17-18(31)26(3,4)38-30/h18-24,32-33H,9-17H2,1-8H3/t18-,19+,20-,21-,22+,23+,24-,27+,28-,29-,30+/m1/s1. The molecule has 0 aromatic carbocycles. The van der Waals surface area contributed by atoms with Gasteiger partial charge in [0.1, 0.15) is 5.60 Å². The third kappa shape index (κ3) is 5.05. The van der Waals surface area contributed by atoms with Gasteiger partial charge in [0.25, 0.3) is 0 Å². The van der Waals surface area contributed by atoms with Crippen molar-refractivity contribution in [2.75, 3.05) is 0 Å². The first-order chi connectivity index (χ1) is 17.4. The van der Waals surface area contributed by atoms with E-state index < -0.39 is 22.9 Å². The topological polar surface area (TPSA) is 86.6 Å². The number of rotatable bonds is 4. The van der Waals surface area contributed by atoms with Crippen molar-refractivity contribution in [1.29, 1.82) is 0 Å². The molecule has 8 heteroatoms. The molecule has 5 rings (SSSR count). The van der Waals surface area contributed by atoms with E-state index in [0.717, 1.165) is 51.4 Å². The Morgan fingerprint density at radius 2 is 1.21 bits per heavy atom. The third-order valence-corrected chi connectivity index (χ3v) is 12.2. The maximum Gasteiger partial charge on any atom is 0.118 e. The van der Waals surface area contributed by atoms with E-state index in [-0.39, 0.29) is 52.2 Å². The van der Waals surface area contributed by atoms with Gasteiger partial charge < -0.3 is 33.9 Å². The van der Waals surface area contributed by atoms with Gasteiger partial charge >= 0.3 is 0 Å². The largest absolute Gasteiger partial charge is 0.390 e. The van der Waals surface area contributed by atoms with E-state index in [2.05, 4.69) is 50.5 Å². The Bertz CT molecular complexity index is 892. The molecule has 5 aliphatic heterocycles. The van der Waals surface area contributed by atoms with Gasteiger partial charge in [-0.3, -0.25) is 0 Å². The van der Waals surface area contributed by atoms with Crippen molar-refractivity contribution in [3.63, 3.8) is 0 Å². The maximum absolute atomic E-state index is 11.1. The van der Waals surface area contributed by atoms with Crippen molar-refractivity contribution in [2.24, 2.45) is 0 Å². The lowest BCUT2D eigenvalue weighted by Gasteiger charge is -2.57. The predicted molar refractivity (Wildman–Crippen MR) is 149 cm³/mol. The van der Waals surface area contributed by atoms with Crippen LogP contribution >= 0.6 is 15.9 Å². The Kier molecular flexibility index (Phi) is 7.51. The molecule has 5 aliphatic rings. The molecule has 11 atom stereocenters. The molecule has 0 unspecified atom stereocenters. The van der Waals surface area contributed by atoms with Crippen LogP contribution in [0.1, 0.15) is 113 Å². The zero-order valence-corrected chi connectivity index (χ0v) is 26.3. The van der Waals surface area contributed by atoms with Gasteiger partial charge in [0.05, 0.1) is 64.6 Å². The Labute approximate surface area is 237 Å². The molecule has 5 saturated heterocycles. The summed E-state index contributed by atoms with van der Waals surface area (Å²) < 4.78 is 33.4. The summed E-state index contributed by atoms with van der Waals surface area (Å²) >= 11 is 3.70. The van der Waals surface area contributed by atoms with Gasteiger partial charge in [-0.2, -0.15) is 0 Å². The van der Waals surface area contributed by atoms with E-state index in [9.17, 15) is 10.2 Å². The van der Waals surface area contributed by atoms with Gasteiger partial charge in [0, 0.05) is 4.83 Å². The highest BCUT2D eigenvalue weighted by atomic mass is 79.9. The molecular formula is C30H51BrO7. The summed E-state index contributed by atoms with van der Waals surface area (Å²) in [6, 6.07) is 0. The monoisotopic (exact) mass is 602 g/mol. The van der Waals surface area contributed by atoms with Crippen LogP contribution in [0.4, 0.5) is 0 Å². The Balaban J connectivity index is 1.23. The van der Waals surface area contributed by atoms with Crippen LogP contribution in [-0.2, 0) is 23.7 Å². The van der Waals surface area contributed by atoms with Crippen LogP contribution in [0.2, 0.25) is 0 Å². The highest BCUT2D eigenvalue weighted by molar-refractivity contribution is 9.09. The molecule has 5 heterocycles. The number of alkyl halides is 1. The summed E-state index contributed by atoms with van der Waals surface area (Å²) in [6.07, 6.45) is 6.64. The quantitative estimate of drug-likeness (QED) is 0.428. The smallest absolute Gasteiger partial charge is 0.118 e. The van der Waals surface area contributed by atoms with E-state index in [0.29, 0.717) is 6.42 Å². The van der Waals surface area contributed by atoms with Crippen molar-refractivity contribution >= 4 is 15.9 Å². The first kappa shape index (κ1) is 29.7. The number of halogens is 1. The number of aliphatic hydroxyl groups excluding tert-OH is 1. The SMILES string of the molecule is CC(C)(O)[C@H]1CC[C@](C)([C@@H]2CC[C@](C)([C@@H]3CC[C@H]4O[C@@H]([C@@]5(C)OC(C)(C)[C@H](Br)C[C@@H]5O)CC[C@]4(C)O3)O2)O1. The van der Waals surface area contributed by atoms with E-state index in [1.165, 1.54) is 0 Å². The molecule has 220 valence electrons. The summed E-state index contributed by atoms with van der Waals surface area (Å²) in [7, 11) is 0. The fraction of sp³-hybridized carbons (Fsp3) is 1.00. The molecule has 0 aromatic rings. The third-order valence-electron chi connectivity index (χ3n) is 10.8. The fourth-order valence-corrected chi connectivity index (χ4v) is 8.30. The number of aliphatic hydroxyl groups is 2. The molecule has 38 heavy (non-hydrogen) atoms. The number of ether oxygens (including phenoxy) is 5. The Morgan fingerprint density at radius 3 is 1.82 bits per heavy atom. The second kappa shape index (κ2) is 9.62. The Hall–Kier alpha value is 0.200. The lowest BCUT2D eigenvalue weighted by Crippen LogP contribution is -2.67. The number of hydrogen-bond acceptors (Lipinski definition) is 7. The van der Waals surface area contributed by atoms with E-state index >= 15 is 0 Å². The molecular weight excluding hydrogens is 552 g/mol. The molecule has 0 aliphatic carbocycles. The fourth-order valence-electron chi connectivity index (χ4n) is 7.85. The van der Waals surface area contributed by atoms with E-state index in [4.69, 9.17) is 23.7 Å². The minimum absolute atomic E-state index is 0.00698. The zero-order chi connectivity index (χ0) is 27.9. The molecule has 2 N–H and O–H groups in total. The second-order valence-corrected chi connectivity index (χ2v) is 15.9. The first-order valence-corrected chi connectivity index (χ1v) is 15.8. The van der Waals surface area contributed by atoms with Gasteiger partial charge in [-0.05, 0) is 113 Å². The minimum Gasteiger partial charge on any atom is -0.390 e. The second-order valence-electron chi connectivity index (χ2n) is 14.8. The van der Waals surface area contributed by atoms with Gasteiger partial charge in [-0.15, -0.1) is 0 Å². The maximum atomic E-state index is 11.1. The van der Waals surface area contributed by atoms with E-state index in [1.807, 2.05) is 20.8 Å². The van der Waals surface area contributed by atoms with Crippen LogP contribution in [0.25, 0.3) is 0 Å². The normalized spacial score (nSPS) is 53.6. The van der Waals surface area contributed by atoms with Crippen LogP contribution in [-0.4, -0.2) is 85.3 Å². The molecule has 0 spiro atoms. The highest BCUT2D eigenvalue weighted by Crippen LogP contribution is 2.52. The molecule has 0 radical (unpaired) electrons. The van der Waals surface area contributed by atoms with Crippen LogP contribution < -0.4 is 0 Å². The summed E-state index contributed by atoms with van der Waals surface area (Å²) in [5.74, 6) is 0. The number of fused-ring (bicyclic) bond motifs is 1. The molecule has 5 fully saturated rings. The average molecular weight is 604 g/mol. The summed E-state index contributed by atoms with van der Waals surface area (Å²) in [6.45, 7) is 16.4. The van der Waals surface area contributed by atoms with Crippen molar-refractivity contribution < 1.29 is 33.9 Å². The summed E-state index contributed by atoms with van der Waals surface area (Å²) in [5, 5.41) is 21.5. The van der Waals surface area contributed by atoms with Gasteiger partial charge in [-0.25, -0.2) is 0 Å². The molecule has 7 nitrogen and oxygen atoms in total. The average Bonchev–Trinajstić information content (AvgIpc) is 3.42. The lowest BCUT2D eigenvalue weighted by atomic mass is 9.74. The predicted octanol–water partition coefficient (Wildman–Crippen LogP) is 5.20. The minimum atomic E-state index is -0.851. The zero-order valence-electron chi connectivity index (χ0n) is 24.7. The lowest BCUT2D eigenvalue weighted by molar-refractivity contribution is -0.318. The van der Waals surface area contributed by atoms with Crippen molar-refractivity contribution in [3.05, 3.63) is 0 Å². The molecule has 0 amide bonds. The van der Waals surface area contributed by atoms with Gasteiger partial charge in [-0.1, -0.05) is 15.9 Å². The van der Waals surface area contributed by atoms with Crippen LogP contribution in [0, 0.1) is 0 Å². The van der Waals surface area contributed by atoms with Gasteiger partial charge in [0.2, 0.25) is 0 Å². The van der Waals surface area contributed by atoms with Crippen molar-refractivity contribution in [3.8, 4) is 0 Å².